The molecule has 10 heteroatoms. The molecule has 1 amide bonds. The summed E-state index contributed by atoms with van der Waals surface area (Å²) in [5.74, 6) is 1.59. The number of hydrogen-bond acceptors (Lipinski definition) is 8. The number of hydrogen-bond donors (Lipinski definition) is 1. The summed E-state index contributed by atoms with van der Waals surface area (Å²) in [5, 5.41) is 12.4. The largest absolute Gasteiger partial charge is 0.473 e. The van der Waals surface area contributed by atoms with E-state index in [1.807, 2.05) is 12.3 Å². The second kappa shape index (κ2) is 8.75. The highest BCUT2D eigenvalue weighted by Crippen LogP contribution is 2.55. The summed E-state index contributed by atoms with van der Waals surface area (Å²) in [6.07, 6.45) is 3.23. The number of imidazole rings is 1. The summed E-state index contributed by atoms with van der Waals surface area (Å²) in [6, 6.07) is 7.33. The minimum atomic E-state index is -0.356. The lowest BCUT2D eigenvalue weighted by Gasteiger charge is -2.62. The van der Waals surface area contributed by atoms with E-state index < -0.39 is 0 Å². The normalized spacial score (nSPS) is 22.5. The number of fused-ring (bicyclic) bond motifs is 1. The Morgan fingerprint density at radius 1 is 1.17 bits per heavy atom. The molecule has 0 radical (unpaired) electrons. The van der Waals surface area contributed by atoms with Crippen LogP contribution in [0.4, 0.5) is 5.82 Å². The van der Waals surface area contributed by atoms with E-state index in [1.165, 1.54) is 0 Å². The van der Waals surface area contributed by atoms with E-state index in [2.05, 4.69) is 58.9 Å². The minimum Gasteiger partial charge on any atom is -0.473 e. The van der Waals surface area contributed by atoms with Gasteiger partial charge in [-0.25, -0.2) is 9.97 Å². The molecule has 1 aliphatic carbocycles. The summed E-state index contributed by atoms with van der Waals surface area (Å²) in [7, 11) is 0. The molecule has 10 nitrogen and oxygen atoms in total. The van der Waals surface area contributed by atoms with E-state index in [4.69, 9.17) is 14.7 Å². The maximum atomic E-state index is 13.4. The van der Waals surface area contributed by atoms with Crippen LogP contribution in [0.2, 0.25) is 0 Å². The summed E-state index contributed by atoms with van der Waals surface area (Å²) in [6.45, 7) is 13.0. The van der Waals surface area contributed by atoms with Crippen LogP contribution in [-0.2, 0) is 4.74 Å². The van der Waals surface area contributed by atoms with Crippen LogP contribution < -0.4 is 15.0 Å². The number of anilines is 1. The molecular formula is C26H31N7O3. The average Bonchev–Trinajstić information content (AvgIpc) is 3.29. The minimum absolute atomic E-state index is 0.145. The van der Waals surface area contributed by atoms with E-state index in [0.717, 1.165) is 18.9 Å². The van der Waals surface area contributed by atoms with Gasteiger partial charge in [0, 0.05) is 42.2 Å². The van der Waals surface area contributed by atoms with Crippen molar-refractivity contribution in [3.05, 3.63) is 47.5 Å². The molecule has 1 saturated heterocycles. The van der Waals surface area contributed by atoms with E-state index in [9.17, 15) is 4.79 Å². The lowest BCUT2D eigenvalue weighted by Crippen LogP contribution is -2.74. The topological polar surface area (TPSA) is 118 Å². The highest BCUT2D eigenvalue weighted by molar-refractivity contribution is 5.93. The van der Waals surface area contributed by atoms with Crippen LogP contribution in [-0.4, -0.2) is 63.7 Å². The van der Waals surface area contributed by atoms with Gasteiger partial charge in [0.1, 0.15) is 23.7 Å². The molecular weight excluding hydrogens is 458 g/mol. The number of morpholine rings is 1. The smallest absolute Gasteiger partial charge is 0.270 e. The van der Waals surface area contributed by atoms with Crippen molar-refractivity contribution in [1.29, 1.82) is 5.26 Å². The predicted octanol–water partition coefficient (Wildman–Crippen LogP) is 2.75. The van der Waals surface area contributed by atoms with E-state index >= 15 is 0 Å². The Bertz CT molecular complexity index is 1340. The van der Waals surface area contributed by atoms with Gasteiger partial charge in [-0.2, -0.15) is 10.2 Å². The predicted molar refractivity (Wildman–Crippen MR) is 133 cm³/mol. The van der Waals surface area contributed by atoms with Gasteiger partial charge in [0.2, 0.25) is 11.7 Å². The molecule has 0 atom stereocenters. The fourth-order valence-corrected chi connectivity index (χ4v) is 5.85. The van der Waals surface area contributed by atoms with Gasteiger partial charge in [0.05, 0.1) is 30.7 Å². The van der Waals surface area contributed by atoms with Crippen LogP contribution in [0.5, 0.6) is 5.88 Å². The quantitative estimate of drug-likeness (QED) is 0.581. The molecule has 0 unspecified atom stereocenters. The standard InChI is InChI=1S/C26H31N7O3/c1-16-17(14-27)6-7-20(29-16)36-23-25(2,3)22(26(23,4)5)31-21(34)18-15-28-24-30-19(8-9-33(18)24)32-10-12-35-13-11-32/h6-9,15,22-23H,10-13H2,1-5H3,(H,31,34). The van der Waals surface area contributed by atoms with Crippen molar-refractivity contribution in [2.75, 3.05) is 31.2 Å². The van der Waals surface area contributed by atoms with Crippen molar-refractivity contribution >= 4 is 17.5 Å². The Morgan fingerprint density at radius 3 is 2.56 bits per heavy atom. The molecule has 0 bridgehead atoms. The third-order valence-electron chi connectivity index (χ3n) is 7.47. The lowest BCUT2D eigenvalue weighted by atomic mass is 9.49. The maximum Gasteiger partial charge on any atom is 0.270 e. The number of carbonyl (C=O) groups is 1. The van der Waals surface area contributed by atoms with Crippen LogP contribution in [0, 0.1) is 29.1 Å². The first kappa shape index (κ1) is 24.0. The number of nitrogens with one attached hydrogen (secondary N) is 1. The molecule has 2 fully saturated rings. The van der Waals surface area contributed by atoms with Crippen molar-refractivity contribution in [3.8, 4) is 11.9 Å². The number of ether oxygens (including phenoxy) is 2. The molecule has 3 aromatic rings. The first-order valence-corrected chi connectivity index (χ1v) is 12.1. The molecule has 188 valence electrons. The Kier molecular flexibility index (Phi) is 5.83. The zero-order chi connectivity index (χ0) is 25.7. The first-order chi connectivity index (χ1) is 17.1. The number of rotatable bonds is 5. The highest BCUT2D eigenvalue weighted by atomic mass is 16.5. The Morgan fingerprint density at radius 2 is 1.89 bits per heavy atom. The summed E-state index contributed by atoms with van der Waals surface area (Å²) in [5.41, 5.74) is 0.883. The monoisotopic (exact) mass is 489 g/mol. The Hall–Kier alpha value is -3.71. The molecule has 1 aliphatic heterocycles. The van der Waals surface area contributed by atoms with Gasteiger partial charge in [-0.15, -0.1) is 0 Å². The van der Waals surface area contributed by atoms with Crippen LogP contribution in [0.25, 0.3) is 5.78 Å². The number of nitrogens with zero attached hydrogens (tertiary/aromatic N) is 6. The Balaban J connectivity index is 1.32. The number of nitriles is 1. The fourth-order valence-electron chi connectivity index (χ4n) is 5.85. The Labute approximate surface area is 210 Å². The summed E-state index contributed by atoms with van der Waals surface area (Å²) < 4.78 is 13.4. The molecule has 4 heterocycles. The number of aryl methyl sites for hydroxylation is 1. The third kappa shape index (κ3) is 3.93. The summed E-state index contributed by atoms with van der Waals surface area (Å²) >= 11 is 0. The SMILES string of the molecule is Cc1nc(OC2C(C)(C)C(NC(=O)c3cnc4nc(N5CCOCC5)ccn34)C2(C)C)ccc1C#N. The van der Waals surface area contributed by atoms with Gasteiger partial charge in [0.25, 0.3) is 5.91 Å². The van der Waals surface area contributed by atoms with Crippen molar-refractivity contribution in [2.24, 2.45) is 10.8 Å². The molecule has 1 saturated carbocycles. The molecule has 3 aromatic heterocycles. The molecule has 36 heavy (non-hydrogen) atoms. The van der Waals surface area contributed by atoms with Gasteiger partial charge >= 0.3 is 0 Å². The van der Waals surface area contributed by atoms with Crippen LogP contribution >= 0.6 is 0 Å². The van der Waals surface area contributed by atoms with Crippen LogP contribution in [0.15, 0.2) is 30.6 Å². The van der Waals surface area contributed by atoms with E-state index in [1.54, 1.807) is 29.7 Å². The number of amides is 1. The van der Waals surface area contributed by atoms with Crippen molar-refractivity contribution in [2.45, 2.75) is 46.8 Å². The first-order valence-electron chi connectivity index (χ1n) is 12.1. The number of pyridine rings is 1. The molecule has 2 aliphatic rings. The van der Waals surface area contributed by atoms with Crippen LogP contribution in [0.3, 0.4) is 0 Å². The van der Waals surface area contributed by atoms with Gasteiger partial charge in [-0.05, 0) is 19.1 Å². The van der Waals surface area contributed by atoms with Crippen molar-refractivity contribution in [1.82, 2.24) is 24.7 Å². The van der Waals surface area contributed by atoms with Gasteiger partial charge in [-0.3, -0.25) is 9.20 Å². The van der Waals surface area contributed by atoms with Gasteiger partial charge in [-0.1, -0.05) is 27.7 Å². The zero-order valence-corrected chi connectivity index (χ0v) is 21.3. The van der Waals surface area contributed by atoms with Crippen molar-refractivity contribution < 1.29 is 14.3 Å². The average molecular weight is 490 g/mol. The summed E-state index contributed by atoms with van der Waals surface area (Å²) in [4.78, 5) is 29.0. The lowest BCUT2D eigenvalue weighted by molar-refractivity contribution is -0.165. The van der Waals surface area contributed by atoms with Gasteiger partial charge < -0.3 is 19.7 Å². The molecule has 0 aromatic carbocycles. The number of carbonyl (C=O) groups excluding carboxylic acids is 1. The van der Waals surface area contributed by atoms with Crippen LogP contribution in [0.1, 0.15) is 49.4 Å². The fraction of sp³-hybridized carbons (Fsp3) is 0.500. The third-order valence-corrected chi connectivity index (χ3v) is 7.47. The molecule has 5 rings (SSSR count). The zero-order valence-electron chi connectivity index (χ0n) is 21.3. The van der Waals surface area contributed by atoms with E-state index in [-0.39, 0.29) is 28.9 Å². The van der Waals surface area contributed by atoms with E-state index in [0.29, 0.717) is 41.8 Å². The van der Waals surface area contributed by atoms with Crippen molar-refractivity contribution in [3.63, 3.8) is 0 Å². The molecule has 0 spiro atoms. The highest BCUT2D eigenvalue weighted by Gasteiger charge is 2.64. The number of aromatic nitrogens is 4. The second-order valence-corrected chi connectivity index (χ2v) is 10.6. The second-order valence-electron chi connectivity index (χ2n) is 10.6. The maximum absolute atomic E-state index is 13.4. The molecule has 1 N–H and O–H groups in total. The van der Waals surface area contributed by atoms with Gasteiger partial charge in [0.15, 0.2) is 0 Å².